The van der Waals surface area contributed by atoms with E-state index in [-0.39, 0.29) is 27.3 Å². The van der Waals surface area contributed by atoms with Gasteiger partial charge in [0.15, 0.2) is 6.61 Å². The van der Waals surface area contributed by atoms with Gasteiger partial charge in [0, 0.05) is 13.1 Å². The molecule has 2 rings (SSSR count). The van der Waals surface area contributed by atoms with E-state index in [1.165, 1.54) is 22.5 Å². The van der Waals surface area contributed by atoms with Gasteiger partial charge in [0.2, 0.25) is 10.0 Å². The first-order chi connectivity index (χ1) is 11.3. The highest BCUT2D eigenvalue weighted by molar-refractivity contribution is 7.89. The smallest absolute Gasteiger partial charge is 0.340 e. The number of sulfonamides is 1. The van der Waals surface area contributed by atoms with Crippen LogP contribution in [0.3, 0.4) is 0 Å². The number of esters is 1. The molecule has 1 heterocycles. The normalized spacial score (nSPS) is 21.9. The van der Waals surface area contributed by atoms with Gasteiger partial charge in [-0.25, -0.2) is 13.2 Å². The fourth-order valence-electron chi connectivity index (χ4n) is 2.95. The van der Waals surface area contributed by atoms with Crippen molar-refractivity contribution in [3.63, 3.8) is 0 Å². The minimum Gasteiger partial charge on any atom is -0.447 e. The lowest BCUT2D eigenvalue weighted by Gasteiger charge is -2.34. The average molecular weight is 371 g/mol. The van der Waals surface area contributed by atoms with E-state index in [1.807, 2.05) is 13.8 Å². The number of carbonyl (C=O) groups is 1. The van der Waals surface area contributed by atoms with Crippen LogP contribution in [-0.4, -0.2) is 38.4 Å². The molecule has 6 nitrogen and oxygen atoms in total. The van der Waals surface area contributed by atoms with Crippen LogP contribution in [0.1, 0.15) is 30.6 Å². The summed E-state index contributed by atoms with van der Waals surface area (Å²) in [5.74, 6) is -0.272. The summed E-state index contributed by atoms with van der Waals surface area (Å²) in [5.41, 5.74) is -0.0638. The second-order valence-corrected chi connectivity index (χ2v) is 8.49. The fraction of sp³-hybridized carbons (Fsp3) is 0.500. The van der Waals surface area contributed by atoms with Gasteiger partial charge in [0.1, 0.15) is 6.07 Å². The molecule has 24 heavy (non-hydrogen) atoms. The Hall–Kier alpha value is -1.62. The summed E-state index contributed by atoms with van der Waals surface area (Å²) in [4.78, 5) is 11.9. The standard InChI is InChI=1S/C16H19ClN2O4S/c1-11-7-12(2)10-19(9-11)24(21,22)13-3-4-15(17)14(8-13)16(20)23-6-5-18/h3-4,8,11-12H,6-7,9-10H2,1-2H3/t11-,12-/m0/s1. The molecular formula is C16H19ClN2O4S. The third kappa shape index (κ3) is 4.07. The molecule has 1 fully saturated rings. The molecule has 0 radical (unpaired) electrons. The number of carbonyl (C=O) groups excluding carboxylic acids is 1. The van der Waals surface area contributed by atoms with E-state index in [0.29, 0.717) is 13.1 Å². The number of benzene rings is 1. The van der Waals surface area contributed by atoms with Crippen molar-refractivity contribution >= 4 is 27.6 Å². The highest BCUT2D eigenvalue weighted by Crippen LogP contribution is 2.28. The Morgan fingerprint density at radius 3 is 2.58 bits per heavy atom. The van der Waals surface area contributed by atoms with Gasteiger partial charge in [-0.2, -0.15) is 9.57 Å². The number of piperidine rings is 1. The summed E-state index contributed by atoms with van der Waals surface area (Å²) in [5, 5.41) is 8.55. The highest BCUT2D eigenvalue weighted by atomic mass is 35.5. The van der Waals surface area contributed by atoms with E-state index in [0.717, 1.165) is 6.42 Å². The minimum absolute atomic E-state index is 0.00268. The number of nitrogens with zero attached hydrogens (tertiary/aromatic N) is 2. The van der Waals surface area contributed by atoms with E-state index in [1.54, 1.807) is 6.07 Å². The van der Waals surface area contributed by atoms with Crippen molar-refractivity contribution in [2.24, 2.45) is 11.8 Å². The molecule has 1 aromatic rings. The largest absolute Gasteiger partial charge is 0.447 e. The van der Waals surface area contributed by atoms with Gasteiger partial charge in [0.05, 0.1) is 15.5 Å². The summed E-state index contributed by atoms with van der Waals surface area (Å²) in [6, 6.07) is 5.62. The Labute approximate surface area is 147 Å². The predicted molar refractivity (Wildman–Crippen MR) is 89.1 cm³/mol. The molecule has 1 aliphatic rings. The molecule has 0 bridgehead atoms. The quantitative estimate of drug-likeness (QED) is 0.760. The molecule has 1 aromatic carbocycles. The molecule has 0 N–H and O–H groups in total. The number of halogens is 1. The maximum atomic E-state index is 12.9. The van der Waals surface area contributed by atoms with Crippen LogP contribution >= 0.6 is 11.6 Å². The lowest BCUT2D eigenvalue weighted by atomic mass is 9.94. The van der Waals surface area contributed by atoms with Crippen molar-refractivity contribution in [2.45, 2.75) is 25.2 Å². The lowest BCUT2D eigenvalue weighted by Crippen LogP contribution is -2.42. The van der Waals surface area contributed by atoms with Gasteiger partial charge in [-0.3, -0.25) is 0 Å². The highest BCUT2D eigenvalue weighted by Gasteiger charge is 2.32. The molecule has 2 atom stereocenters. The Bertz CT molecular complexity index is 763. The third-order valence-corrected chi connectivity index (χ3v) is 6.06. The maximum absolute atomic E-state index is 12.9. The van der Waals surface area contributed by atoms with E-state index in [9.17, 15) is 13.2 Å². The molecule has 0 aliphatic carbocycles. The molecule has 130 valence electrons. The molecule has 0 amide bonds. The number of hydrogen-bond acceptors (Lipinski definition) is 5. The fourth-order valence-corrected chi connectivity index (χ4v) is 4.85. The lowest BCUT2D eigenvalue weighted by molar-refractivity contribution is 0.0555. The second kappa shape index (κ2) is 7.51. The summed E-state index contributed by atoms with van der Waals surface area (Å²) >= 11 is 5.96. The van der Waals surface area contributed by atoms with Crippen LogP contribution in [0.5, 0.6) is 0 Å². The van der Waals surface area contributed by atoms with Crippen LogP contribution in [0.4, 0.5) is 0 Å². The molecule has 8 heteroatoms. The van der Waals surface area contributed by atoms with Crippen molar-refractivity contribution in [2.75, 3.05) is 19.7 Å². The molecule has 1 aliphatic heterocycles. The number of ether oxygens (including phenoxy) is 1. The van der Waals surface area contributed by atoms with Crippen LogP contribution in [0.15, 0.2) is 23.1 Å². The number of nitriles is 1. The van der Waals surface area contributed by atoms with Crippen molar-refractivity contribution in [1.29, 1.82) is 5.26 Å². The van der Waals surface area contributed by atoms with E-state index in [2.05, 4.69) is 0 Å². The Kier molecular flexibility index (Phi) is 5.86. The summed E-state index contributed by atoms with van der Waals surface area (Å²) in [6.45, 7) is 4.51. The van der Waals surface area contributed by atoms with Crippen molar-refractivity contribution in [3.8, 4) is 6.07 Å². The van der Waals surface area contributed by atoms with Crippen LogP contribution < -0.4 is 0 Å². The van der Waals surface area contributed by atoms with Gasteiger partial charge >= 0.3 is 5.97 Å². The SMILES string of the molecule is C[C@H]1C[C@H](C)CN(S(=O)(=O)c2ccc(Cl)c(C(=O)OCC#N)c2)C1. The summed E-state index contributed by atoms with van der Waals surface area (Å²) in [6.07, 6.45) is 0.984. The van der Waals surface area contributed by atoms with Gasteiger partial charge in [0.25, 0.3) is 0 Å². The number of rotatable bonds is 4. The Morgan fingerprint density at radius 1 is 1.38 bits per heavy atom. The predicted octanol–water partition coefficient (Wildman–Crippen LogP) is 2.69. The zero-order chi connectivity index (χ0) is 17.9. The topological polar surface area (TPSA) is 87.5 Å². The van der Waals surface area contributed by atoms with Crippen molar-refractivity contribution in [3.05, 3.63) is 28.8 Å². The summed E-state index contributed by atoms with van der Waals surface area (Å²) < 4.78 is 31.9. The van der Waals surface area contributed by atoms with Crippen LogP contribution in [0.2, 0.25) is 5.02 Å². The van der Waals surface area contributed by atoms with Crippen LogP contribution in [0, 0.1) is 23.2 Å². The van der Waals surface area contributed by atoms with E-state index < -0.39 is 22.6 Å². The zero-order valence-corrected chi connectivity index (χ0v) is 15.1. The maximum Gasteiger partial charge on any atom is 0.340 e. The Morgan fingerprint density at radius 2 is 2.00 bits per heavy atom. The first-order valence-corrected chi connectivity index (χ1v) is 9.41. The molecule has 0 unspecified atom stereocenters. The molecule has 0 spiro atoms. The second-order valence-electron chi connectivity index (χ2n) is 6.14. The average Bonchev–Trinajstić information content (AvgIpc) is 2.51. The molecule has 0 aromatic heterocycles. The molecule has 1 saturated heterocycles. The summed E-state index contributed by atoms with van der Waals surface area (Å²) in [7, 11) is -3.72. The van der Waals surface area contributed by atoms with Crippen LogP contribution in [0.25, 0.3) is 0 Å². The Balaban J connectivity index is 2.34. The molecular weight excluding hydrogens is 352 g/mol. The monoisotopic (exact) mass is 370 g/mol. The van der Waals surface area contributed by atoms with E-state index in [4.69, 9.17) is 21.6 Å². The zero-order valence-electron chi connectivity index (χ0n) is 13.5. The third-order valence-electron chi connectivity index (χ3n) is 3.90. The van der Waals surface area contributed by atoms with Crippen molar-refractivity contribution < 1.29 is 17.9 Å². The first-order valence-electron chi connectivity index (χ1n) is 7.59. The van der Waals surface area contributed by atoms with Gasteiger partial charge in [-0.05, 0) is 36.5 Å². The first kappa shape index (κ1) is 18.7. The number of hydrogen-bond donors (Lipinski definition) is 0. The minimum atomic E-state index is -3.72. The van der Waals surface area contributed by atoms with Gasteiger partial charge in [-0.15, -0.1) is 0 Å². The van der Waals surface area contributed by atoms with Crippen molar-refractivity contribution in [1.82, 2.24) is 4.31 Å². The van der Waals surface area contributed by atoms with E-state index >= 15 is 0 Å². The van der Waals surface area contributed by atoms with Gasteiger partial charge < -0.3 is 4.74 Å². The van der Waals surface area contributed by atoms with Gasteiger partial charge in [-0.1, -0.05) is 25.4 Å². The van der Waals surface area contributed by atoms with Crippen LogP contribution in [-0.2, 0) is 14.8 Å². The molecule has 0 saturated carbocycles.